The zero-order valence-corrected chi connectivity index (χ0v) is 23.2. The van der Waals surface area contributed by atoms with Crippen molar-refractivity contribution in [3.05, 3.63) is 76.4 Å². The number of hydrogen-bond donors (Lipinski definition) is 1. The van der Waals surface area contributed by atoms with E-state index in [4.69, 9.17) is 0 Å². The van der Waals surface area contributed by atoms with E-state index >= 15 is 0 Å². The van der Waals surface area contributed by atoms with Gasteiger partial charge in [-0.15, -0.1) is 10.2 Å². The molecule has 6 nitrogen and oxygen atoms in total. The maximum Gasteiger partial charge on any atom is 0.416 e. The third-order valence-corrected chi connectivity index (χ3v) is 8.99. The van der Waals surface area contributed by atoms with Gasteiger partial charge in [0.05, 0.1) is 12.1 Å². The lowest BCUT2D eigenvalue weighted by Crippen LogP contribution is -2.51. The molecule has 2 aromatic carbocycles. The van der Waals surface area contributed by atoms with Gasteiger partial charge in [-0.1, -0.05) is 19.1 Å². The molecule has 2 saturated carbocycles. The Bertz CT molecular complexity index is 1500. The first-order valence-corrected chi connectivity index (χ1v) is 13.8. The molecule has 0 saturated heterocycles. The van der Waals surface area contributed by atoms with Crippen LogP contribution in [-0.4, -0.2) is 32.1 Å². The fourth-order valence-electron chi connectivity index (χ4n) is 7.11. The number of aromatic nitrogens is 3. The van der Waals surface area contributed by atoms with Crippen molar-refractivity contribution in [1.29, 1.82) is 0 Å². The average molecular weight is 574 g/mol. The molecule has 0 bridgehead atoms. The van der Waals surface area contributed by atoms with Gasteiger partial charge in [0.1, 0.15) is 12.2 Å². The molecule has 218 valence electrons. The number of rotatable bonds is 7. The summed E-state index contributed by atoms with van der Waals surface area (Å²) in [6.07, 6.45) is -1.80. The van der Waals surface area contributed by atoms with Gasteiger partial charge in [0, 0.05) is 55.1 Å². The van der Waals surface area contributed by atoms with E-state index in [1.54, 1.807) is 41.9 Å². The molecule has 0 unspecified atom stereocenters. The first-order chi connectivity index (χ1) is 19.2. The Labute approximate surface area is 234 Å². The van der Waals surface area contributed by atoms with Gasteiger partial charge < -0.3 is 14.8 Å². The molecule has 1 aromatic heterocycles. The highest BCUT2D eigenvalue weighted by Gasteiger charge is 2.57. The van der Waals surface area contributed by atoms with Gasteiger partial charge in [0.2, 0.25) is 5.92 Å². The number of nitrogens with zero attached hydrogens (tertiary/aromatic N) is 4. The number of carbonyl (C=O) groups is 1. The fourth-order valence-corrected chi connectivity index (χ4v) is 7.11. The molecule has 41 heavy (non-hydrogen) atoms. The van der Waals surface area contributed by atoms with Crippen molar-refractivity contribution >= 4 is 11.6 Å². The molecule has 0 radical (unpaired) electrons. The van der Waals surface area contributed by atoms with Crippen LogP contribution in [0.15, 0.2) is 42.7 Å². The van der Waals surface area contributed by atoms with Crippen LogP contribution in [0.1, 0.15) is 78.0 Å². The topological polar surface area (TPSA) is 63.0 Å². The molecule has 6 rings (SSSR count). The molecule has 2 heterocycles. The second-order valence-electron chi connectivity index (χ2n) is 12.6. The van der Waals surface area contributed by atoms with Crippen molar-refractivity contribution in [3.63, 3.8) is 0 Å². The van der Waals surface area contributed by atoms with E-state index in [1.807, 2.05) is 0 Å². The van der Waals surface area contributed by atoms with Gasteiger partial charge in [-0.2, -0.15) is 13.2 Å². The van der Waals surface area contributed by atoms with E-state index in [9.17, 15) is 26.7 Å². The summed E-state index contributed by atoms with van der Waals surface area (Å²) in [7, 11) is 1.74. The van der Waals surface area contributed by atoms with E-state index < -0.39 is 41.8 Å². The Morgan fingerprint density at radius 3 is 2.46 bits per heavy atom. The monoisotopic (exact) mass is 573 g/mol. The molecule has 3 aromatic rings. The van der Waals surface area contributed by atoms with Crippen molar-refractivity contribution in [2.45, 2.75) is 82.1 Å². The van der Waals surface area contributed by atoms with Crippen molar-refractivity contribution < 1.29 is 26.7 Å². The fraction of sp³-hybridized carbons (Fsp3) is 0.500. The predicted molar refractivity (Wildman–Crippen MR) is 143 cm³/mol. The molecule has 1 amide bonds. The highest BCUT2D eigenvalue weighted by atomic mass is 19.4. The third-order valence-electron chi connectivity index (χ3n) is 8.99. The molecule has 1 N–H and O–H groups in total. The summed E-state index contributed by atoms with van der Waals surface area (Å²) < 4.78 is 72.8. The number of nitrogens with one attached hydrogen (secondary N) is 1. The minimum Gasteiger partial charge on any atom is -0.321 e. The summed E-state index contributed by atoms with van der Waals surface area (Å²) in [5.74, 6) is -2.25. The molecule has 2 fully saturated rings. The number of carbonyl (C=O) groups excluding carboxylic acids is 1. The van der Waals surface area contributed by atoms with Crippen LogP contribution in [0.25, 0.3) is 0 Å². The number of fused-ring (bicyclic) bond motifs is 1. The number of hydrogen-bond acceptors (Lipinski definition) is 4. The van der Waals surface area contributed by atoms with Crippen LogP contribution >= 0.6 is 0 Å². The van der Waals surface area contributed by atoms with Gasteiger partial charge in [-0.05, 0) is 66.6 Å². The van der Waals surface area contributed by atoms with Gasteiger partial charge >= 0.3 is 6.18 Å². The van der Waals surface area contributed by atoms with Crippen molar-refractivity contribution in [2.75, 3.05) is 4.90 Å². The van der Waals surface area contributed by atoms with Crippen LogP contribution in [0.2, 0.25) is 0 Å². The predicted octanol–water partition coefficient (Wildman–Crippen LogP) is 6.18. The highest BCUT2D eigenvalue weighted by Crippen LogP contribution is 2.55. The zero-order valence-electron chi connectivity index (χ0n) is 23.2. The SMILES string of the molecule is CC1CC(C)(NCc2cc3c(c(C(F)(F)F)c2)CN(c2cccc(C4(Cc5nncn5C)CC(F)(F)C4)c2)C3=O)C1. The lowest BCUT2D eigenvalue weighted by atomic mass is 9.60. The number of halogens is 5. The first kappa shape index (κ1) is 27.8. The Hall–Kier alpha value is -3.34. The number of aryl methyl sites for hydroxylation is 1. The van der Waals surface area contributed by atoms with Crippen molar-refractivity contribution in [3.8, 4) is 0 Å². The number of benzene rings is 2. The highest BCUT2D eigenvalue weighted by molar-refractivity contribution is 6.10. The Morgan fingerprint density at radius 2 is 1.85 bits per heavy atom. The summed E-state index contributed by atoms with van der Waals surface area (Å²) in [6, 6.07) is 9.37. The van der Waals surface area contributed by atoms with E-state index in [0.29, 0.717) is 28.6 Å². The quantitative estimate of drug-likeness (QED) is 0.343. The van der Waals surface area contributed by atoms with E-state index in [2.05, 4.69) is 29.4 Å². The van der Waals surface area contributed by atoms with Gasteiger partial charge in [0.15, 0.2) is 0 Å². The van der Waals surface area contributed by atoms with Gasteiger partial charge in [0.25, 0.3) is 5.91 Å². The molecule has 0 spiro atoms. The second-order valence-corrected chi connectivity index (χ2v) is 12.6. The first-order valence-electron chi connectivity index (χ1n) is 13.8. The molecular weight excluding hydrogens is 541 g/mol. The molecular formula is C30H32F5N5O. The van der Waals surface area contributed by atoms with Crippen LogP contribution in [0, 0.1) is 5.92 Å². The summed E-state index contributed by atoms with van der Waals surface area (Å²) in [6.45, 7) is 4.17. The number of alkyl halides is 5. The van der Waals surface area contributed by atoms with E-state index in [1.165, 1.54) is 11.2 Å². The molecule has 0 atom stereocenters. The van der Waals surface area contributed by atoms with Gasteiger partial charge in [-0.3, -0.25) is 4.79 Å². The van der Waals surface area contributed by atoms with E-state index in [-0.39, 0.29) is 36.2 Å². The zero-order chi connectivity index (χ0) is 29.4. The Balaban J connectivity index is 1.31. The minimum absolute atomic E-state index is 0.0261. The number of amides is 1. The van der Waals surface area contributed by atoms with Crippen molar-refractivity contribution in [1.82, 2.24) is 20.1 Å². The molecule has 2 aliphatic carbocycles. The van der Waals surface area contributed by atoms with Crippen LogP contribution in [0.3, 0.4) is 0 Å². The lowest BCUT2D eigenvalue weighted by molar-refractivity contribution is -0.138. The normalized spacial score (nSPS) is 24.6. The average Bonchev–Trinajstić information content (AvgIpc) is 3.42. The second kappa shape index (κ2) is 9.34. The van der Waals surface area contributed by atoms with Crippen LogP contribution in [-0.2, 0) is 38.1 Å². The third kappa shape index (κ3) is 5.02. The maximum atomic E-state index is 14.2. The minimum atomic E-state index is -4.63. The summed E-state index contributed by atoms with van der Waals surface area (Å²) >= 11 is 0. The Morgan fingerprint density at radius 1 is 1.12 bits per heavy atom. The largest absolute Gasteiger partial charge is 0.416 e. The standard InChI is InChI=1S/C30H32F5N5O/c1-18-10-27(2,11-18)36-13-19-7-22-23(24(8-19)30(33,34)35)14-40(26(22)41)21-6-4-5-20(9-21)28(15-29(31,32)16-28)12-25-38-37-17-39(25)3/h4-9,17-18,36H,10-16H2,1-3H3. The van der Waals surface area contributed by atoms with Crippen LogP contribution < -0.4 is 10.2 Å². The lowest BCUT2D eigenvalue weighted by Gasteiger charge is -2.48. The molecule has 1 aliphatic heterocycles. The smallest absolute Gasteiger partial charge is 0.321 e. The van der Waals surface area contributed by atoms with E-state index in [0.717, 1.165) is 18.9 Å². The number of anilines is 1. The molecule has 3 aliphatic rings. The van der Waals surface area contributed by atoms with Crippen LogP contribution in [0.4, 0.5) is 27.6 Å². The molecule has 11 heteroatoms. The summed E-state index contributed by atoms with van der Waals surface area (Å²) in [4.78, 5) is 14.9. The maximum absolute atomic E-state index is 14.2. The summed E-state index contributed by atoms with van der Waals surface area (Å²) in [5.41, 5.74) is -0.546. The summed E-state index contributed by atoms with van der Waals surface area (Å²) in [5, 5.41) is 11.3. The van der Waals surface area contributed by atoms with Crippen LogP contribution in [0.5, 0.6) is 0 Å². The Kier molecular flexibility index (Phi) is 6.33. The van der Waals surface area contributed by atoms with Crippen molar-refractivity contribution in [2.24, 2.45) is 13.0 Å². The van der Waals surface area contributed by atoms with Gasteiger partial charge in [-0.25, -0.2) is 8.78 Å².